The van der Waals surface area contributed by atoms with Crippen molar-refractivity contribution in [1.82, 2.24) is 39.3 Å². The first-order valence-electron chi connectivity index (χ1n) is 14.0. The quantitative estimate of drug-likeness (QED) is 0.329. The summed E-state index contributed by atoms with van der Waals surface area (Å²) in [4.78, 5) is 14.3. The Kier molecular flexibility index (Phi) is 7.61. The van der Waals surface area contributed by atoms with Gasteiger partial charge in [0.15, 0.2) is 5.82 Å². The van der Waals surface area contributed by atoms with Crippen molar-refractivity contribution in [2.24, 2.45) is 12.8 Å². The number of rotatable bonds is 9. The fourth-order valence-electron chi connectivity index (χ4n) is 5.82. The fraction of sp³-hybridized carbons (Fsp3) is 0.448. The van der Waals surface area contributed by atoms with E-state index in [1.807, 2.05) is 40.9 Å². The van der Waals surface area contributed by atoms with E-state index in [0.717, 1.165) is 85.3 Å². The molecule has 0 saturated carbocycles. The predicted molar refractivity (Wildman–Crippen MR) is 155 cm³/mol. The summed E-state index contributed by atoms with van der Waals surface area (Å²) in [7, 11) is 3.73. The summed E-state index contributed by atoms with van der Waals surface area (Å²) in [5.41, 5.74) is 12.9. The van der Waals surface area contributed by atoms with Crippen molar-refractivity contribution in [1.29, 1.82) is 0 Å². The van der Waals surface area contributed by atoms with Gasteiger partial charge >= 0.3 is 0 Å². The average Bonchev–Trinajstić information content (AvgIpc) is 3.55. The molecule has 3 aromatic heterocycles. The number of benzene rings is 1. The van der Waals surface area contributed by atoms with Crippen molar-refractivity contribution >= 4 is 11.8 Å². The molecule has 4 aromatic rings. The number of methoxy groups -OCH3 is 1. The molecule has 1 unspecified atom stereocenters. The number of nitrogens with two attached hydrogens (primary N) is 1. The third-order valence-corrected chi connectivity index (χ3v) is 7.98. The van der Waals surface area contributed by atoms with Gasteiger partial charge in [0.2, 0.25) is 5.95 Å². The number of fused-ring (bicyclic) bond motifs is 3. The molecule has 11 heteroatoms. The summed E-state index contributed by atoms with van der Waals surface area (Å²) >= 11 is 0. The van der Waals surface area contributed by atoms with Crippen LogP contribution in [0.15, 0.2) is 48.8 Å². The van der Waals surface area contributed by atoms with Gasteiger partial charge in [-0.05, 0) is 12.3 Å². The molecule has 0 radical (unpaired) electrons. The first kappa shape index (κ1) is 26.6. The second-order valence-electron chi connectivity index (χ2n) is 10.7. The van der Waals surface area contributed by atoms with Crippen LogP contribution in [0.4, 0.5) is 11.8 Å². The molecule has 3 N–H and O–H groups in total. The number of ether oxygens (including phenoxy) is 1. The van der Waals surface area contributed by atoms with Gasteiger partial charge in [-0.25, -0.2) is 9.97 Å². The molecule has 2 aliphatic rings. The second-order valence-corrected chi connectivity index (χ2v) is 10.7. The summed E-state index contributed by atoms with van der Waals surface area (Å²) in [6.45, 7) is 8.27. The van der Waals surface area contributed by atoms with Crippen LogP contribution in [0.1, 0.15) is 24.1 Å². The summed E-state index contributed by atoms with van der Waals surface area (Å²) < 4.78 is 9.13. The van der Waals surface area contributed by atoms with Crippen molar-refractivity contribution in [3.05, 3.63) is 60.0 Å². The highest BCUT2D eigenvalue weighted by Crippen LogP contribution is 2.43. The third-order valence-electron chi connectivity index (χ3n) is 7.98. The molecule has 1 aromatic carbocycles. The van der Waals surface area contributed by atoms with Gasteiger partial charge in [0, 0.05) is 82.0 Å². The molecule has 2 atom stereocenters. The van der Waals surface area contributed by atoms with E-state index in [-0.39, 0.29) is 6.17 Å². The topological polar surface area (TPSA) is 115 Å². The lowest BCUT2D eigenvalue weighted by Crippen LogP contribution is -2.58. The second kappa shape index (κ2) is 11.5. The average molecular weight is 543 g/mol. The number of anilines is 2. The van der Waals surface area contributed by atoms with Crippen molar-refractivity contribution in [3.63, 3.8) is 0 Å². The van der Waals surface area contributed by atoms with Gasteiger partial charge in [-0.1, -0.05) is 37.3 Å². The zero-order valence-corrected chi connectivity index (χ0v) is 23.5. The van der Waals surface area contributed by atoms with Crippen LogP contribution in [0.3, 0.4) is 0 Å². The SMILES string of the molecule is COCCN1CCN(CCn2ccc(Nc3ncc4c(n3)-c3c(nn(C)c3-c3ccccc3)C[C@H]4C)n2)CC1N. The third kappa shape index (κ3) is 5.37. The van der Waals surface area contributed by atoms with Crippen molar-refractivity contribution in [2.75, 3.05) is 51.8 Å². The molecule has 0 spiro atoms. The Morgan fingerprint density at radius 1 is 1.07 bits per heavy atom. The van der Waals surface area contributed by atoms with Gasteiger partial charge in [-0.3, -0.25) is 19.2 Å². The molecule has 1 fully saturated rings. The van der Waals surface area contributed by atoms with Crippen LogP contribution in [0.25, 0.3) is 22.5 Å². The van der Waals surface area contributed by atoms with E-state index in [1.165, 1.54) is 0 Å². The normalized spacial score (nSPS) is 19.4. The number of nitrogens with zero attached hydrogens (tertiary/aromatic N) is 8. The number of hydrogen-bond acceptors (Lipinski definition) is 9. The minimum absolute atomic E-state index is 0.0327. The Labute approximate surface area is 235 Å². The Hall–Kier alpha value is -3.64. The highest BCUT2D eigenvalue weighted by atomic mass is 16.5. The van der Waals surface area contributed by atoms with Crippen molar-refractivity contribution < 1.29 is 4.74 Å². The van der Waals surface area contributed by atoms with E-state index in [2.05, 4.69) is 51.3 Å². The van der Waals surface area contributed by atoms with E-state index in [9.17, 15) is 0 Å². The molecule has 1 aliphatic carbocycles. The monoisotopic (exact) mass is 542 g/mol. The Bertz CT molecular complexity index is 1450. The molecular weight excluding hydrogens is 504 g/mol. The lowest BCUT2D eigenvalue weighted by atomic mass is 9.85. The van der Waals surface area contributed by atoms with Gasteiger partial charge < -0.3 is 15.8 Å². The van der Waals surface area contributed by atoms with Crippen LogP contribution in [-0.4, -0.2) is 91.9 Å². The molecule has 6 rings (SSSR count). The lowest BCUT2D eigenvalue weighted by Gasteiger charge is -2.39. The van der Waals surface area contributed by atoms with Gasteiger partial charge in [-0.15, -0.1) is 0 Å². The number of hydrogen-bond donors (Lipinski definition) is 2. The molecule has 0 amide bonds. The molecule has 210 valence electrons. The Morgan fingerprint density at radius 2 is 1.93 bits per heavy atom. The van der Waals surface area contributed by atoms with E-state index < -0.39 is 0 Å². The number of piperazine rings is 1. The first-order valence-corrected chi connectivity index (χ1v) is 14.0. The van der Waals surface area contributed by atoms with Gasteiger partial charge in [0.1, 0.15) is 0 Å². The number of aromatic nitrogens is 6. The molecule has 11 nitrogen and oxygen atoms in total. The minimum Gasteiger partial charge on any atom is -0.383 e. The smallest absolute Gasteiger partial charge is 0.228 e. The van der Waals surface area contributed by atoms with E-state index in [1.54, 1.807) is 7.11 Å². The summed E-state index contributed by atoms with van der Waals surface area (Å²) in [5.74, 6) is 1.55. The zero-order chi connectivity index (χ0) is 27.6. The fourth-order valence-corrected chi connectivity index (χ4v) is 5.82. The maximum atomic E-state index is 6.38. The lowest BCUT2D eigenvalue weighted by molar-refractivity contribution is 0.0522. The Morgan fingerprint density at radius 3 is 2.73 bits per heavy atom. The highest BCUT2D eigenvalue weighted by molar-refractivity contribution is 5.84. The maximum absolute atomic E-state index is 6.38. The van der Waals surface area contributed by atoms with Crippen LogP contribution in [0, 0.1) is 0 Å². The summed E-state index contributed by atoms with van der Waals surface area (Å²) in [6, 6.07) is 12.4. The van der Waals surface area contributed by atoms with Crippen LogP contribution in [0.5, 0.6) is 0 Å². The van der Waals surface area contributed by atoms with Crippen LogP contribution >= 0.6 is 0 Å². The van der Waals surface area contributed by atoms with E-state index in [0.29, 0.717) is 18.5 Å². The summed E-state index contributed by atoms with van der Waals surface area (Å²) in [6.07, 6.45) is 4.85. The summed E-state index contributed by atoms with van der Waals surface area (Å²) in [5, 5.41) is 12.9. The van der Waals surface area contributed by atoms with Crippen LogP contribution in [0.2, 0.25) is 0 Å². The molecule has 1 saturated heterocycles. The van der Waals surface area contributed by atoms with Gasteiger partial charge in [0.05, 0.1) is 36.4 Å². The Balaban J connectivity index is 1.15. The van der Waals surface area contributed by atoms with Crippen LogP contribution in [-0.2, 0) is 24.8 Å². The zero-order valence-electron chi connectivity index (χ0n) is 23.5. The first-order chi connectivity index (χ1) is 19.5. The molecule has 40 heavy (non-hydrogen) atoms. The van der Waals surface area contributed by atoms with E-state index >= 15 is 0 Å². The maximum Gasteiger partial charge on any atom is 0.228 e. The number of aryl methyl sites for hydroxylation is 1. The van der Waals surface area contributed by atoms with Gasteiger partial charge in [-0.2, -0.15) is 10.2 Å². The van der Waals surface area contributed by atoms with E-state index in [4.69, 9.17) is 25.7 Å². The van der Waals surface area contributed by atoms with Crippen LogP contribution < -0.4 is 11.1 Å². The standard InChI is InChI=1S/C29H38N10O/c1-20-17-23-26(28(36(2)34-23)21-7-5-4-6-8-21)27-22(20)18-31-29(33-27)32-25-9-10-39(35-25)14-12-37-11-13-38(15-16-40-3)24(30)19-37/h4-10,18,20,24H,11-17,19,30H2,1-3H3,(H,31,32,33,35)/t20-,24?/m1/s1. The minimum atomic E-state index is 0.0327. The number of nitrogens with one attached hydrogen (secondary N) is 1. The van der Waals surface area contributed by atoms with Gasteiger partial charge in [0.25, 0.3) is 0 Å². The molecular formula is C29H38N10O. The molecule has 4 heterocycles. The predicted octanol–water partition coefficient (Wildman–Crippen LogP) is 2.69. The largest absolute Gasteiger partial charge is 0.383 e. The highest BCUT2D eigenvalue weighted by Gasteiger charge is 2.30. The van der Waals surface area contributed by atoms with Crippen molar-refractivity contribution in [3.8, 4) is 22.5 Å². The molecule has 1 aliphatic heterocycles. The molecule has 0 bridgehead atoms. The van der Waals surface area contributed by atoms with Crippen molar-refractivity contribution in [2.45, 2.75) is 32.0 Å².